The molecule has 0 spiro atoms. The van der Waals surface area contributed by atoms with E-state index in [4.69, 9.17) is 10.7 Å². The molecule has 2 fully saturated rings. The summed E-state index contributed by atoms with van der Waals surface area (Å²) in [4.78, 5) is 27.0. The van der Waals surface area contributed by atoms with Gasteiger partial charge in [-0.25, -0.2) is 4.98 Å². The molecule has 202 valence electrons. The van der Waals surface area contributed by atoms with Crippen LogP contribution in [0.5, 0.6) is 0 Å². The third-order valence-corrected chi connectivity index (χ3v) is 8.69. The van der Waals surface area contributed by atoms with Crippen molar-refractivity contribution >= 4 is 22.6 Å². The van der Waals surface area contributed by atoms with Crippen LogP contribution in [0.4, 0.5) is 5.82 Å². The molecule has 3 aromatic heterocycles. The van der Waals surface area contributed by atoms with Crippen molar-refractivity contribution in [3.63, 3.8) is 0 Å². The van der Waals surface area contributed by atoms with Crippen molar-refractivity contribution in [1.82, 2.24) is 24.3 Å². The fourth-order valence-corrected chi connectivity index (χ4v) is 6.71. The predicted octanol–water partition coefficient (Wildman–Crippen LogP) is 5.23. The molecule has 4 aromatic rings. The topological polar surface area (TPSA) is 80.3 Å². The highest BCUT2D eigenvalue weighted by Crippen LogP contribution is 2.41. The number of piperidine rings is 1. The summed E-state index contributed by atoms with van der Waals surface area (Å²) >= 11 is 0. The Bertz CT molecular complexity index is 1440. The average molecular weight is 523 g/mol. The van der Waals surface area contributed by atoms with Crippen molar-refractivity contribution in [3.05, 3.63) is 78.1 Å². The number of aryl methyl sites for hydroxylation is 1. The molecule has 0 bridgehead atoms. The second kappa shape index (κ2) is 11.2. The SMILES string of the molecule is Cn1c(-c2ccccn2)c(C2CCN(C(=O)C3CCCN(Cc4ccnc(N)c4)CC3)CC2)c2ccccc21. The maximum absolute atomic E-state index is 13.6. The highest BCUT2D eigenvalue weighted by molar-refractivity contribution is 5.92. The fourth-order valence-electron chi connectivity index (χ4n) is 6.71. The molecule has 0 radical (unpaired) electrons. The first kappa shape index (κ1) is 25.6. The molecule has 1 atom stereocenters. The van der Waals surface area contributed by atoms with E-state index in [9.17, 15) is 4.79 Å². The molecule has 5 heterocycles. The highest BCUT2D eigenvalue weighted by atomic mass is 16.2. The molecule has 7 nitrogen and oxygen atoms in total. The quantitative estimate of drug-likeness (QED) is 0.388. The van der Waals surface area contributed by atoms with E-state index in [0.29, 0.717) is 17.6 Å². The summed E-state index contributed by atoms with van der Waals surface area (Å²) < 4.78 is 2.29. The van der Waals surface area contributed by atoms with Gasteiger partial charge in [0.2, 0.25) is 5.91 Å². The number of pyridine rings is 2. The lowest BCUT2D eigenvalue weighted by atomic mass is 9.86. The van der Waals surface area contributed by atoms with Crippen LogP contribution >= 0.6 is 0 Å². The van der Waals surface area contributed by atoms with Crippen LogP contribution in [0.15, 0.2) is 67.0 Å². The molecule has 0 saturated carbocycles. The minimum Gasteiger partial charge on any atom is -0.384 e. The third-order valence-electron chi connectivity index (χ3n) is 8.69. The lowest BCUT2D eigenvalue weighted by Gasteiger charge is -2.34. The van der Waals surface area contributed by atoms with Gasteiger partial charge in [0.05, 0.1) is 11.4 Å². The summed E-state index contributed by atoms with van der Waals surface area (Å²) in [5, 5.41) is 1.31. The summed E-state index contributed by atoms with van der Waals surface area (Å²) in [5.74, 6) is 1.45. The summed E-state index contributed by atoms with van der Waals surface area (Å²) in [6.07, 6.45) is 8.57. The van der Waals surface area contributed by atoms with Crippen LogP contribution < -0.4 is 5.73 Å². The van der Waals surface area contributed by atoms with Gasteiger partial charge in [-0.15, -0.1) is 0 Å². The van der Waals surface area contributed by atoms with Crippen LogP contribution in [-0.2, 0) is 18.4 Å². The van der Waals surface area contributed by atoms with Gasteiger partial charge in [0, 0.05) is 55.9 Å². The van der Waals surface area contributed by atoms with E-state index in [0.717, 1.165) is 70.5 Å². The predicted molar refractivity (Wildman–Crippen MR) is 156 cm³/mol. The minimum atomic E-state index is 0.121. The Morgan fingerprint density at radius 3 is 2.54 bits per heavy atom. The molecular weight excluding hydrogens is 484 g/mol. The highest BCUT2D eigenvalue weighted by Gasteiger charge is 2.32. The van der Waals surface area contributed by atoms with E-state index >= 15 is 0 Å². The second-order valence-corrected chi connectivity index (χ2v) is 11.1. The van der Waals surface area contributed by atoms with Crippen LogP contribution in [0.25, 0.3) is 22.3 Å². The Balaban J connectivity index is 1.13. The number of anilines is 1. The number of nitrogens with two attached hydrogens (primary N) is 1. The first-order valence-corrected chi connectivity index (χ1v) is 14.3. The third kappa shape index (κ3) is 5.28. The Hall–Kier alpha value is -3.71. The molecule has 6 rings (SSSR count). The monoisotopic (exact) mass is 522 g/mol. The van der Waals surface area contributed by atoms with Crippen molar-refractivity contribution in [2.45, 2.75) is 44.6 Å². The Kier molecular flexibility index (Phi) is 7.33. The Labute approximate surface area is 230 Å². The molecule has 1 unspecified atom stereocenters. The number of para-hydroxylation sites is 1. The molecule has 7 heteroatoms. The number of nitrogen functional groups attached to an aromatic ring is 1. The van der Waals surface area contributed by atoms with E-state index in [-0.39, 0.29) is 5.92 Å². The second-order valence-electron chi connectivity index (χ2n) is 11.1. The number of aromatic nitrogens is 3. The minimum absolute atomic E-state index is 0.121. The number of hydrogen-bond acceptors (Lipinski definition) is 5. The molecule has 2 aliphatic rings. The summed E-state index contributed by atoms with van der Waals surface area (Å²) in [6.45, 7) is 4.47. The van der Waals surface area contributed by atoms with Gasteiger partial charge in [-0.3, -0.25) is 14.7 Å². The van der Waals surface area contributed by atoms with Gasteiger partial charge in [-0.05, 0) is 92.6 Å². The van der Waals surface area contributed by atoms with Crippen molar-refractivity contribution < 1.29 is 4.79 Å². The number of carbonyl (C=O) groups is 1. The van der Waals surface area contributed by atoms with Gasteiger partial charge in [0.25, 0.3) is 0 Å². The molecule has 0 aliphatic carbocycles. The maximum atomic E-state index is 13.6. The lowest BCUT2D eigenvalue weighted by Crippen LogP contribution is -2.41. The van der Waals surface area contributed by atoms with Gasteiger partial charge in [0.15, 0.2) is 0 Å². The molecular formula is C32H38N6O. The summed E-state index contributed by atoms with van der Waals surface area (Å²) in [5.41, 5.74) is 11.9. The molecule has 2 aliphatic heterocycles. The van der Waals surface area contributed by atoms with Crippen molar-refractivity contribution in [1.29, 1.82) is 0 Å². The van der Waals surface area contributed by atoms with Crippen LogP contribution in [0, 0.1) is 5.92 Å². The number of benzene rings is 1. The van der Waals surface area contributed by atoms with Crippen LogP contribution in [-0.4, -0.2) is 56.4 Å². The largest absolute Gasteiger partial charge is 0.384 e. The number of hydrogen-bond donors (Lipinski definition) is 1. The average Bonchev–Trinajstić information content (AvgIpc) is 3.09. The van der Waals surface area contributed by atoms with Crippen molar-refractivity contribution in [2.24, 2.45) is 13.0 Å². The molecule has 1 amide bonds. The number of carbonyl (C=O) groups excluding carboxylic acids is 1. The Morgan fingerprint density at radius 1 is 0.923 bits per heavy atom. The van der Waals surface area contributed by atoms with Gasteiger partial charge >= 0.3 is 0 Å². The zero-order valence-electron chi connectivity index (χ0n) is 22.8. The maximum Gasteiger partial charge on any atom is 0.225 e. The first-order chi connectivity index (χ1) is 19.1. The number of likely N-dealkylation sites (tertiary alicyclic amines) is 2. The zero-order chi connectivity index (χ0) is 26.8. The molecule has 39 heavy (non-hydrogen) atoms. The summed E-state index contributed by atoms with van der Waals surface area (Å²) in [6, 6.07) is 18.8. The van der Waals surface area contributed by atoms with Crippen LogP contribution in [0.2, 0.25) is 0 Å². The van der Waals surface area contributed by atoms with Gasteiger partial charge in [0.1, 0.15) is 5.82 Å². The zero-order valence-corrected chi connectivity index (χ0v) is 22.8. The van der Waals surface area contributed by atoms with Gasteiger partial charge in [-0.2, -0.15) is 0 Å². The van der Waals surface area contributed by atoms with E-state index in [1.807, 2.05) is 24.4 Å². The van der Waals surface area contributed by atoms with E-state index < -0.39 is 0 Å². The summed E-state index contributed by atoms with van der Waals surface area (Å²) in [7, 11) is 2.15. The number of nitrogens with zero attached hydrogens (tertiary/aromatic N) is 5. The number of fused-ring (bicyclic) bond motifs is 1. The van der Waals surface area contributed by atoms with Gasteiger partial charge < -0.3 is 15.2 Å². The van der Waals surface area contributed by atoms with E-state index in [1.54, 1.807) is 6.20 Å². The normalized spacial score (nSPS) is 19.3. The van der Waals surface area contributed by atoms with E-state index in [2.05, 4.69) is 62.8 Å². The standard InChI is InChI=1S/C32H38N6O/c1-36-28-10-3-2-8-26(28)30(31(36)27-9-4-5-15-34-27)24-13-19-38(20-14-24)32(39)25-7-6-17-37(18-12-25)22-23-11-16-35-29(33)21-23/h2-5,8-11,15-16,21,24-25H,6-7,12-14,17-20,22H2,1H3,(H2,33,35). The van der Waals surface area contributed by atoms with Crippen LogP contribution in [0.1, 0.15) is 49.1 Å². The Morgan fingerprint density at radius 2 is 1.74 bits per heavy atom. The molecule has 2 N–H and O–H groups in total. The molecule has 2 saturated heterocycles. The number of amides is 1. The van der Waals surface area contributed by atoms with Crippen LogP contribution in [0.3, 0.4) is 0 Å². The van der Waals surface area contributed by atoms with E-state index in [1.165, 1.54) is 27.7 Å². The smallest absolute Gasteiger partial charge is 0.225 e. The van der Waals surface area contributed by atoms with Gasteiger partial charge in [-0.1, -0.05) is 24.3 Å². The first-order valence-electron chi connectivity index (χ1n) is 14.3. The van der Waals surface area contributed by atoms with Crippen molar-refractivity contribution in [2.75, 3.05) is 31.9 Å². The fraction of sp³-hybridized carbons (Fsp3) is 0.406. The number of rotatable bonds is 5. The molecule has 1 aromatic carbocycles. The van der Waals surface area contributed by atoms with Crippen molar-refractivity contribution in [3.8, 4) is 11.4 Å². The lowest BCUT2D eigenvalue weighted by molar-refractivity contribution is -0.137.